The summed E-state index contributed by atoms with van der Waals surface area (Å²) in [4.78, 5) is 20.4. The quantitative estimate of drug-likeness (QED) is 0.563. The van der Waals surface area contributed by atoms with Crippen molar-refractivity contribution in [3.63, 3.8) is 0 Å². The highest BCUT2D eigenvalue weighted by molar-refractivity contribution is 5.88. The van der Waals surface area contributed by atoms with E-state index in [0.717, 1.165) is 54.6 Å². The van der Waals surface area contributed by atoms with Crippen molar-refractivity contribution in [3.05, 3.63) is 47.4 Å². The van der Waals surface area contributed by atoms with Gasteiger partial charge in [-0.3, -0.25) is 9.97 Å². The van der Waals surface area contributed by atoms with Gasteiger partial charge in [0.2, 0.25) is 0 Å². The summed E-state index contributed by atoms with van der Waals surface area (Å²) in [5.74, 6) is -1.11. The number of nitrogens with zero attached hydrogens (tertiary/aromatic N) is 2. The molecule has 1 aromatic heterocycles. The summed E-state index contributed by atoms with van der Waals surface area (Å²) in [7, 11) is 0. The van der Waals surface area contributed by atoms with Gasteiger partial charge >= 0.3 is 0 Å². The van der Waals surface area contributed by atoms with Crippen LogP contribution in [-0.2, 0) is 12.8 Å². The van der Waals surface area contributed by atoms with Crippen LogP contribution in [0.4, 0.5) is 0 Å². The zero-order chi connectivity index (χ0) is 18.8. The van der Waals surface area contributed by atoms with Crippen LogP contribution < -0.4 is 5.11 Å². The van der Waals surface area contributed by atoms with E-state index in [2.05, 4.69) is 23.8 Å². The fourth-order valence-electron chi connectivity index (χ4n) is 3.14. The number of rotatable bonds is 11. The molecule has 4 heteroatoms. The van der Waals surface area contributed by atoms with E-state index in [1.54, 1.807) is 24.5 Å². The molecule has 0 fully saturated rings. The van der Waals surface area contributed by atoms with E-state index in [-0.39, 0.29) is 5.56 Å². The fourth-order valence-corrected chi connectivity index (χ4v) is 3.14. The van der Waals surface area contributed by atoms with Gasteiger partial charge in [-0.15, -0.1) is 0 Å². The summed E-state index contributed by atoms with van der Waals surface area (Å²) < 4.78 is 0. The van der Waals surface area contributed by atoms with Gasteiger partial charge in [0.05, 0.1) is 23.6 Å². The Hall–Kier alpha value is -2.23. The zero-order valence-corrected chi connectivity index (χ0v) is 16.0. The van der Waals surface area contributed by atoms with E-state index in [0.29, 0.717) is 0 Å². The summed E-state index contributed by atoms with van der Waals surface area (Å²) in [5, 5.41) is 11.4. The third kappa shape index (κ3) is 5.94. The number of aryl methyl sites for hydroxylation is 2. The molecule has 0 unspecified atom stereocenters. The van der Waals surface area contributed by atoms with Crippen LogP contribution >= 0.6 is 0 Å². The molecule has 0 amide bonds. The van der Waals surface area contributed by atoms with Gasteiger partial charge in [0.25, 0.3) is 0 Å². The van der Waals surface area contributed by atoms with Crippen LogP contribution in [0.3, 0.4) is 0 Å². The van der Waals surface area contributed by atoms with Gasteiger partial charge in [0.1, 0.15) is 0 Å². The highest BCUT2D eigenvalue weighted by Gasteiger charge is 2.08. The second-order valence-corrected chi connectivity index (χ2v) is 6.82. The summed E-state index contributed by atoms with van der Waals surface area (Å²) in [6, 6.07) is 5.36. The Morgan fingerprint density at radius 1 is 0.923 bits per heavy atom. The summed E-state index contributed by atoms with van der Waals surface area (Å²) in [5.41, 5.74) is 3.79. The highest BCUT2D eigenvalue weighted by Crippen LogP contribution is 2.22. The first-order valence-electron chi connectivity index (χ1n) is 9.81. The lowest BCUT2D eigenvalue weighted by Gasteiger charge is -2.13. The minimum absolute atomic E-state index is 0.290. The Kier molecular flexibility index (Phi) is 8.26. The Labute approximate surface area is 156 Å². The summed E-state index contributed by atoms with van der Waals surface area (Å²) >= 11 is 0. The van der Waals surface area contributed by atoms with E-state index < -0.39 is 5.97 Å². The number of hydrogen-bond acceptors (Lipinski definition) is 4. The second kappa shape index (κ2) is 10.7. The number of carboxylic acid groups (broad SMARTS) is 1. The molecule has 26 heavy (non-hydrogen) atoms. The second-order valence-electron chi connectivity index (χ2n) is 6.82. The molecule has 2 rings (SSSR count). The number of hydrogen-bond donors (Lipinski definition) is 0. The molecule has 0 N–H and O–H groups in total. The molecule has 0 atom stereocenters. The maximum absolute atomic E-state index is 11.4. The first-order chi connectivity index (χ1) is 12.7. The number of unbranched alkanes of at least 4 members (excludes halogenated alkanes) is 5. The molecule has 1 heterocycles. The van der Waals surface area contributed by atoms with Crippen LogP contribution in [-0.4, -0.2) is 15.9 Å². The molecule has 140 valence electrons. The maximum atomic E-state index is 11.4. The van der Waals surface area contributed by atoms with E-state index >= 15 is 0 Å². The monoisotopic (exact) mass is 353 g/mol. The molecule has 4 nitrogen and oxygen atoms in total. The van der Waals surface area contributed by atoms with Gasteiger partial charge in [0, 0.05) is 17.3 Å². The fraction of sp³-hybridized carbons (Fsp3) is 0.500. The molecule has 0 aliphatic carbocycles. The van der Waals surface area contributed by atoms with Crippen molar-refractivity contribution in [2.75, 3.05) is 0 Å². The topological polar surface area (TPSA) is 65.9 Å². The van der Waals surface area contributed by atoms with Crippen molar-refractivity contribution in [2.45, 2.75) is 71.6 Å². The molecular weight excluding hydrogens is 324 g/mol. The number of aromatic carboxylic acids is 1. The highest BCUT2D eigenvalue weighted by atomic mass is 16.4. The first kappa shape index (κ1) is 20.1. The van der Waals surface area contributed by atoms with Crippen LogP contribution in [0.2, 0.25) is 0 Å². The Morgan fingerprint density at radius 3 is 2.35 bits per heavy atom. The number of aromatic nitrogens is 2. The smallest absolute Gasteiger partial charge is 0.0885 e. The minimum atomic E-state index is -1.11. The average molecular weight is 353 g/mol. The predicted octanol–water partition coefficient (Wildman–Crippen LogP) is 4.36. The Balaban J connectivity index is 2.10. The normalized spacial score (nSPS) is 10.8. The van der Waals surface area contributed by atoms with Crippen molar-refractivity contribution in [1.29, 1.82) is 0 Å². The van der Waals surface area contributed by atoms with Crippen molar-refractivity contribution >= 4 is 5.97 Å². The van der Waals surface area contributed by atoms with E-state index in [4.69, 9.17) is 0 Å². The zero-order valence-electron chi connectivity index (χ0n) is 16.0. The van der Waals surface area contributed by atoms with Crippen molar-refractivity contribution in [2.24, 2.45) is 0 Å². The number of benzene rings is 1. The van der Waals surface area contributed by atoms with Gasteiger partial charge in [-0.05, 0) is 30.9 Å². The van der Waals surface area contributed by atoms with Gasteiger partial charge in [-0.1, -0.05) is 64.5 Å². The third-order valence-corrected chi connectivity index (χ3v) is 4.63. The third-order valence-electron chi connectivity index (χ3n) is 4.63. The molecule has 0 saturated heterocycles. The lowest BCUT2D eigenvalue weighted by molar-refractivity contribution is -0.255. The molecule has 0 saturated carbocycles. The van der Waals surface area contributed by atoms with Crippen LogP contribution in [0.5, 0.6) is 0 Å². The molecular formula is C22H29N2O2-. The standard InChI is InChI=1S/C22H30N2O2/c1-3-5-6-7-8-9-11-17-14-18(12-13-20(17)22(25)26)21-16-23-19(10-4-2)15-24-21/h12-16H,3-11H2,1-2H3,(H,25,26)/p-1. The van der Waals surface area contributed by atoms with Crippen molar-refractivity contribution < 1.29 is 9.90 Å². The molecule has 0 spiro atoms. The molecule has 0 aliphatic rings. The lowest BCUT2D eigenvalue weighted by Crippen LogP contribution is -2.23. The lowest BCUT2D eigenvalue weighted by atomic mass is 9.97. The van der Waals surface area contributed by atoms with E-state index in [1.807, 2.05) is 6.07 Å². The summed E-state index contributed by atoms with van der Waals surface area (Å²) in [6.07, 6.45) is 13.4. The van der Waals surface area contributed by atoms with Crippen molar-refractivity contribution in [1.82, 2.24) is 9.97 Å². The average Bonchev–Trinajstić information content (AvgIpc) is 2.65. The van der Waals surface area contributed by atoms with Gasteiger partial charge in [0.15, 0.2) is 0 Å². The minimum Gasteiger partial charge on any atom is -0.545 e. The molecule has 0 radical (unpaired) electrons. The number of carboxylic acids is 1. The molecule has 0 aliphatic heterocycles. The Bertz CT molecular complexity index is 696. The number of carbonyl (C=O) groups is 1. The largest absolute Gasteiger partial charge is 0.545 e. The SMILES string of the molecule is CCCCCCCCc1cc(-c2cnc(CCC)cn2)ccc1C(=O)[O-]. The van der Waals surface area contributed by atoms with Crippen LogP contribution in [0.1, 0.15) is 80.4 Å². The van der Waals surface area contributed by atoms with Crippen LogP contribution in [0.15, 0.2) is 30.6 Å². The van der Waals surface area contributed by atoms with E-state index in [9.17, 15) is 9.90 Å². The Morgan fingerprint density at radius 2 is 1.69 bits per heavy atom. The van der Waals surface area contributed by atoms with Crippen LogP contribution in [0, 0.1) is 0 Å². The first-order valence-corrected chi connectivity index (χ1v) is 9.81. The summed E-state index contributed by atoms with van der Waals surface area (Å²) in [6.45, 7) is 4.32. The van der Waals surface area contributed by atoms with E-state index in [1.165, 1.54) is 25.7 Å². The molecule has 1 aromatic carbocycles. The predicted molar refractivity (Wildman–Crippen MR) is 103 cm³/mol. The van der Waals surface area contributed by atoms with Crippen LogP contribution in [0.25, 0.3) is 11.3 Å². The van der Waals surface area contributed by atoms with Gasteiger partial charge < -0.3 is 9.90 Å². The van der Waals surface area contributed by atoms with Gasteiger partial charge in [-0.2, -0.15) is 0 Å². The maximum Gasteiger partial charge on any atom is 0.0885 e. The number of carbonyl (C=O) groups excluding carboxylic acids is 1. The molecule has 0 bridgehead atoms. The van der Waals surface area contributed by atoms with Gasteiger partial charge in [-0.25, -0.2) is 0 Å². The van der Waals surface area contributed by atoms with Crippen molar-refractivity contribution in [3.8, 4) is 11.3 Å². The molecule has 2 aromatic rings.